The van der Waals surface area contributed by atoms with Crippen molar-refractivity contribution in [3.63, 3.8) is 0 Å². The molecule has 0 N–H and O–H groups in total. The molecule has 0 aliphatic rings. The summed E-state index contributed by atoms with van der Waals surface area (Å²) in [7, 11) is 0. The number of nitrogens with zero attached hydrogens (tertiary/aromatic N) is 1. The number of hydrogen-bond acceptors (Lipinski definition) is 3. The minimum atomic E-state index is 0.373. The summed E-state index contributed by atoms with van der Waals surface area (Å²) in [6.45, 7) is 1.04. The topological polar surface area (TPSA) is 42.2 Å². The van der Waals surface area contributed by atoms with Crippen LogP contribution in [0.4, 0.5) is 0 Å². The fourth-order valence-electron chi connectivity index (χ4n) is 1.68. The number of benzene rings is 2. The van der Waals surface area contributed by atoms with Gasteiger partial charge in [0, 0.05) is 6.42 Å². The van der Waals surface area contributed by atoms with Crippen molar-refractivity contribution < 1.29 is 9.47 Å². The molecule has 3 nitrogen and oxygen atoms in total. The van der Waals surface area contributed by atoms with Gasteiger partial charge < -0.3 is 9.47 Å². The Morgan fingerprint density at radius 1 is 0.950 bits per heavy atom. The maximum Gasteiger partial charge on any atom is 0.138 e. The Balaban J connectivity index is 1.77. The highest BCUT2D eigenvalue weighted by atomic mass is 35.5. The fraction of sp³-hybridized carbons (Fsp3) is 0.188. The van der Waals surface area contributed by atoms with Crippen LogP contribution >= 0.6 is 11.6 Å². The number of hydrogen-bond donors (Lipinski definition) is 0. The SMILES string of the molecule is N#Cc1c(Cl)cccc1OCCCOc1ccccc1. The normalized spacial score (nSPS) is 9.80. The van der Waals surface area contributed by atoms with Crippen molar-refractivity contribution in [3.8, 4) is 17.6 Å². The summed E-state index contributed by atoms with van der Waals surface area (Å²) in [5, 5.41) is 9.42. The van der Waals surface area contributed by atoms with Gasteiger partial charge in [0.15, 0.2) is 0 Å². The summed E-state index contributed by atoms with van der Waals surface area (Å²) in [5.74, 6) is 1.35. The van der Waals surface area contributed by atoms with E-state index in [1.807, 2.05) is 36.4 Å². The van der Waals surface area contributed by atoms with E-state index in [0.29, 0.717) is 29.5 Å². The first kappa shape index (κ1) is 14.2. The van der Waals surface area contributed by atoms with Crippen LogP contribution in [0.25, 0.3) is 0 Å². The summed E-state index contributed by atoms with van der Waals surface area (Å²) >= 11 is 5.92. The monoisotopic (exact) mass is 287 g/mol. The molecule has 0 fully saturated rings. The lowest BCUT2D eigenvalue weighted by molar-refractivity contribution is 0.247. The number of ether oxygens (including phenoxy) is 2. The molecule has 2 aromatic rings. The van der Waals surface area contributed by atoms with Gasteiger partial charge in [0.25, 0.3) is 0 Å². The standard InChI is InChI=1S/C16H14ClNO2/c17-15-8-4-9-16(14(15)12-18)20-11-5-10-19-13-6-2-1-3-7-13/h1-4,6-9H,5,10-11H2. The molecular formula is C16H14ClNO2. The highest BCUT2D eigenvalue weighted by Gasteiger charge is 2.06. The number of nitriles is 1. The minimum absolute atomic E-state index is 0.373. The molecule has 0 atom stereocenters. The average Bonchev–Trinajstić information content (AvgIpc) is 2.48. The lowest BCUT2D eigenvalue weighted by Crippen LogP contribution is -2.05. The molecule has 0 amide bonds. The molecule has 0 heterocycles. The van der Waals surface area contributed by atoms with Gasteiger partial charge in [-0.2, -0.15) is 5.26 Å². The fourth-order valence-corrected chi connectivity index (χ4v) is 1.89. The van der Waals surface area contributed by atoms with E-state index in [4.69, 9.17) is 26.3 Å². The van der Waals surface area contributed by atoms with Crippen molar-refractivity contribution in [2.45, 2.75) is 6.42 Å². The van der Waals surface area contributed by atoms with Gasteiger partial charge in [0.05, 0.1) is 18.2 Å². The predicted octanol–water partition coefficient (Wildman–Crippen LogP) is 4.06. The third-order valence-electron chi connectivity index (χ3n) is 2.65. The first-order valence-electron chi connectivity index (χ1n) is 6.30. The molecular weight excluding hydrogens is 274 g/mol. The van der Waals surface area contributed by atoms with E-state index in [1.165, 1.54) is 0 Å². The summed E-state index contributed by atoms with van der Waals surface area (Å²) in [5.41, 5.74) is 0.373. The zero-order valence-corrected chi connectivity index (χ0v) is 11.6. The van der Waals surface area contributed by atoms with Crippen LogP contribution in [-0.4, -0.2) is 13.2 Å². The van der Waals surface area contributed by atoms with Gasteiger partial charge >= 0.3 is 0 Å². The Hall–Kier alpha value is -2.18. The maximum atomic E-state index is 9.01. The van der Waals surface area contributed by atoms with Crippen molar-refractivity contribution in [3.05, 3.63) is 59.1 Å². The van der Waals surface area contributed by atoms with E-state index in [-0.39, 0.29) is 0 Å². The number of rotatable bonds is 6. The molecule has 0 aliphatic heterocycles. The van der Waals surface area contributed by atoms with Crippen molar-refractivity contribution in [2.24, 2.45) is 0 Å². The van der Waals surface area contributed by atoms with Crippen molar-refractivity contribution in [2.75, 3.05) is 13.2 Å². The van der Waals surface area contributed by atoms with E-state index in [2.05, 4.69) is 0 Å². The molecule has 0 unspecified atom stereocenters. The first-order chi connectivity index (χ1) is 9.81. The molecule has 0 aromatic heterocycles. The molecule has 102 valence electrons. The predicted molar refractivity (Wildman–Crippen MR) is 78.2 cm³/mol. The van der Waals surface area contributed by atoms with Gasteiger partial charge in [0.1, 0.15) is 23.1 Å². The van der Waals surface area contributed by atoms with Crippen LogP contribution in [0.15, 0.2) is 48.5 Å². The van der Waals surface area contributed by atoms with Crippen molar-refractivity contribution in [1.82, 2.24) is 0 Å². The van der Waals surface area contributed by atoms with E-state index < -0.39 is 0 Å². The highest BCUT2D eigenvalue weighted by molar-refractivity contribution is 6.31. The Morgan fingerprint density at radius 3 is 2.45 bits per heavy atom. The Labute approximate surface area is 123 Å². The van der Waals surface area contributed by atoms with Crippen LogP contribution in [-0.2, 0) is 0 Å². The summed E-state index contributed by atoms with van der Waals surface area (Å²) in [6.07, 6.45) is 0.728. The molecule has 0 bridgehead atoms. The second-order valence-electron chi connectivity index (χ2n) is 4.09. The molecule has 0 radical (unpaired) electrons. The maximum absolute atomic E-state index is 9.01. The van der Waals surface area contributed by atoms with Crippen LogP contribution in [0.3, 0.4) is 0 Å². The van der Waals surface area contributed by atoms with E-state index in [0.717, 1.165) is 12.2 Å². The van der Waals surface area contributed by atoms with Gasteiger partial charge in [-0.05, 0) is 24.3 Å². The molecule has 2 rings (SSSR count). The molecule has 2 aromatic carbocycles. The molecule has 20 heavy (non-hydrogen) atoms. The second-order valence-corrected chi connectivity index (χ2v) is 4.50. The van der Waals surface area contributed by atoms with Crippen LogP contribution in [0.1, 0.15) is 12.0 Å². The van der Waals surface area contributed by atoms with E-state index in [9.17, 15) is 0 Å². The molecule has 0 spiro atoms. The summed E-state index contributed by atoms with van der Waals surface area (Å²) in [4.78, 5) is 0. The Bertz CT molecular complexity index is 593. The molecule has 0 saturated carbocycles. The lowest BCUT2D eigenvalue weighted by Gasteiger charge is -2.09. The van der Waals surface area contributed by atoms with E-state index >= 15 is 0 Å². The minimum Gasteiger partial charge on any atom is -0.493 e. The number of para-hydroxylation sites is 1. The quantitative estimate of drug-likeness (QED) is 0.753. The van der Waals surface area contributed by atoms with Crippen LogP contribution in [0.5, 0.6) is 11.5 Å². The molecule has 0 aliphatic carbocycles. The Kier molecular flexibility index (Phi) is 5.28. The average molecular weight is 288 g/mol. The van der Waals surface area contributed by atoms with Gasteiger partial charge in [0.2, 0.25) is 0 Å². The zero-order valence-electron chi connectivity index (χ0n) is 10.9. The van der Waals surface area contributed by atoms with Gasteiger partial charge in [-0.1, -0.05) is 35.9 Å². The summed E-state index contributed by atoms with van der Waals surface area (Å²) < 4.78 is 11.1. The van der Waals surface area contributed by atoms with Crippen molar-refractivity contribution >= 4 is 11.6 Å². The van der Waals surface area contributed by atoms with Gasteiger partial charge in [-0.15, -0.1) is 0 Å². The molecule has 0 saturated heterocycles. The first-order valence-corrected chi connectivity index (χ1v) is 6.68. The lowest BCUT2D eigenvalue weighted by atomic mass is 10.2. The van der Waals surface area contributed by atoms with Crippen LogP contribution in [0.2, 0.25) is 5.02 Å². The summed E-state index contributed by atoms with van der Waals surface area (Å²) in [6, 6.07) is 16.8. The van der Waals surface area contributed by atoms with Crippen LogP contribution in [0, 0.1) is 11.3 Å². The molecule has 4 heteroatoms. The van der Waals surface area contributed by atoms with Gasteiger partial charge in [-0.25, -0.2) is 0 Å². The van der Waals surface area contributed by atoms with Gasteiger partial charge in [-0.3, -0.25) is 0 Å². The van der Waals surface area contributed by atoms with E-state index in [1.54, 1.807) is 18.2 Å². The third kappa shape index (κ3) is 3.91. The van der Waals surface area contributed by atoms with Crippen LogP contribution < -0.4 is 9.47 Å². The zero-order chi connectivity index (χ0) is 14.2. The van der Waals surface area contributed by atoms with Crippen molar-refractivity contribution in [1.29, 1.82) is 5.26 Å². The smallest absolute Gasteiger partial charge is 0.138 e. The second kappa shape index (κ2) is 7.42. The Morgan fingerprint density at radius 2 is 1.70 bits per heavy atom. The largest absolute Gasteiger partial charge is 0.493 e. The highest BCUT2D eigenvalue weighted by Crippen LogP contribution is 2.25. The number of halogens is 1. The third-order valence-corrected chi connectivity index (χ3v) is 2.96.